The molecule has 0 fully saturated rings. The van der Waals surface area contributed by atoms with Crippen LogP contribution in [0.1, 0.15) is 55.4 Å². The summed E-state index contributed by atoms with van der Waals surface area (Å²) in [5.74, 6) is -0.0440. The van der Waals surface area contributed by atoms with E-state index in [0.29, 0.717) is 18.8 Å². The van der Waals surface area contributed by atoms with E-state index in [9.17, 15) is 9.59 Å². The van der Waals surface area contributed by atoms with Crippen LogP contribution in [-0.2, 0) is 19.1 Å². The quantitative estimate of drug-likeness (QED) is 0.720. The molecule has 0 aliphatic rings. The Morgan fingerprint density at radius 1 is 0.941 bits per heavy atom. The number of esters is 1. The van der Waals surface area contributed by atoms with E-state index in [2.05, 4.69) is 4.74 Å². The van der Waals surface area contributed by atoms with Gasteiger partial charge in [0.05, 0.1) is 18.8 Å². The molecule has 0 saturated carbocycles. The first-order chi connectivity index (χ1) is 7.63. The van der Waals surface area contributed by atoms with Crippen LogP contribution in [0.2, 0.25) is 0 Å². The number of hydrogen-bond donors (Lipinski definition) is 0. The fourth-order valence-electron chi connectivity index (χ4n) is 0.748. The Bertz CT molecular complexity index is 176. The van der Waals surface area contributed by atoms with Crippen molar-refractivity contribution in [3.05, 3.63) is 0 Å². The summed E-state index contributed by atoms with van der Waals surface area (Å²) >= 11 is 0. The molecule has 0 spiro atoms. The number of ketones is 1. The van der Waals surface area contributed by atoms with Gasteiger partial charge in [0, 0.05) is 6.92 Å². The summed E-state index contributed by atoms with van der Waals surface area (Å²) < 4.78 is 9.65. The molecule has 0 aliphatic heterocycles. The Balaban J connectivity index is -0.000000180. The summed E-state index contributed by atoms with van der Waals surface area (Å²) in [6.45, 7) is 14.9. The monoisotopic (exact) mass is 248 g/mol. The Labute approximate surface area is 106 Å². The van der Waals surface area contributed by atoms with Gasteiger partial charge >= 0.3 is 5.97 Å². The van der Waals surface area contributed by atoms with Gasteiger partial charge in [-0.05, 0) is 48.5 Å². The van der Waals surface area contributed by atoms with Crippen molar-refractivity contribution in [2.75, 3.05) is 6.61 Å². The van der Waals surface area contributed by atoms with Gasteiger partial charge in [0.15, 0.2) is 0 Å². The zero-order valence-corrected chi connectivity index (χ0v) is 12.5. The highest BCUT2D eigenvalue weighted by molar-refractivity contribution is 5.72. The first kappa shape index (κ1) is 21.4. The molecule has 0 aliphatic carbocycles. The van der Waals surface area contributed by atoms with E-state index in [0.717, 1.165) is 0 Å². The normalized spacial score (nSPS) is 8.82. The van der Waals surface area contributed by atoms with Gasteiger partial charge in [-0.1, -0.05) is 0 Å². The molecule has 104 valence electrons. The number of hydrogen-bond acceptors (Lipinski definition) is 4. The van der Waals surface area contributed by atoms with E-state index in [1.54, 1.807) is 6.92 Å². The van der Waals surface area contributed by atoms with Crippen LogP contribution in [0.25, 0.3) is 0 Å². The van der Waals surface area contributed by atoms with Crippen molar-refractivity contribution < 1.29 is 19.1 Å². The molecule has 0 N–H and O–H groups in total. The van der Waals surface area contributed by atoms with Gasteiger partial charge in [0.25, 0.3) is 0 Å². The maximum atomic E-state index is 9.82. The predicted molar refractivity (Wildman–Crippen MR) is 70.0 cm³/mol. The number of carbonyl (C=O) groups excluding carboxylic acids is 2. The molecule has 17 heavy (non-hydrogen) atoms. The van der Waals surface area contributed by atoms with Crippen molar-refractivity contribution in [2.24, 2.45) is 0 Å². The van der Waals surface area contributed by atoms with E-state index in [-0.39, 0.29) is 11.8 Å². The highest BCUT2D eigenvalue weighted by Crippen LogP contribution is 1.93. The summed E-state index contributed by atoms with van der Waals surface area (Å²) in [7, 11) is 0. The van der Waals surface area contributed by atoms with Gasteiger partial charge in [0.2, 0.25) is 0 Å². The fourth-order valence-corrected chi connectivity index (χ4v) is 0.748. The SMILES string of the molecule is CC(C)=O.CC(C)OC(C)C.CCOC(C)=O. The summed E-state index contributed by atoms with van der Waals surface area (Å²) in [6, 6.07) is 0. The zero-order chi connectivity index (χ0) is 14.4. The minimum Gasteiger partial charge on any atom is -0.466 e. The molecule has 0 bridgehead atoms. The van der Waals surface area contributed by atoms with Crippen molar-refractivity contribution >= 4 is 11.8 Å². The molecular weight excluding hydrogens is 220 g/mol. The van der Waals surface area contributed by atoms with Gasteiger partial charge in [0.1, 0.15) is 5.78 Å². The predicted octanol–water partition coefficient (Wildman–Crippen LogP) is 2.98. The molecule has 0 atom stereocenters. The Morgan fingerprint density at radius 3 is 1.24 bits per heavy atom. The maximum absolute atomic E-state index is 9.82. The number of ether oxygens (including phenoxy) is 2. The van der Waals surface area contributed by atoms with E-state index in [1.807, 2.05) is 27.7 Å². The minimum atomic E-state index is -0.211. The second-order valence-electron chi connectivity index (χ2n) is 4.07. The number of Topliss-reactive ketones (excluding diaryl/α,β-unsaturated/α-hetero) is 1. The lowest BCUT2D eigenvalue weighted by atomic mass is 10.4. The van der Waals surface area contributed by atoms with Crippen LogP contribution in [0, 0.1) is 0 Å². The third-order valence-corrected chi connectivity index (χ3v) is 0.892. The zero-order valence-electron chi connectivity index (χ0n) is 12.5. The topological polar surface area (TPSA) is 52.6 Å². The molecule has 0 aromatic rings. The Hall–Kier alpha value is -0.900. The average Bonchev–Trinajstić information content (AvgIpc) is 1.99. The molecular formula is C13H28O4. The first-order valence-electron chi connectivity index (χ1n) is 5.89. The number of carbonyl (C=O) groups is 2. The summed E-state index contributed by atoms with van der Waals surface area (Å²) in [6.07, 6.45) is 0.750. The maximum Gasteiger partial charge on any atom is 0.302 e. The Morgan fingerprint density at radius 2 is 1.24 bits per heavy atom. The molecule has 0 saturated heterocycles. The minimum absolute atomic E-state index is 0.167. The van der Waals surface area contributed by atoms with Gasteiger partial charge in [-0.3, -0.25) is 4.79 Å². The molecule has 0 aromatic carbocycles. The molecule has 4 nitrogen and oxygen atoms in total. The highest BCUT2D eigenvalue weighted by Gasteiger charge is 1.94. The van der Waals surface area contributed by atoms with Crippen LogP contribution in [0.15, 0.2) is 0 Å². The third kappa shape index (κ3) is 69.6. The average molecular weight is 248 g/mol. The fraction of sp³-hybridized carbons (Fsp3) is 0.846. The second kappa shape index (κ2) is 15.1. The van der Waals surface area contributed by atoms with Crippen LogP contribution >= 0.6 is 0 Å². The van der Waals surface area contributed by atoms with Crippen molar-refractivity contribution in [1.29, 1.82) is 0 Å². The van der Waals surface area contributed by atoms with Crippen LogP contribution < -0.4 is 0 Å². The van der Waals surface area contributed by atoms with Gasteiger partial charge in [-0.2, -0.15) is 0 Å². The molecule has 0 radical (unpaired) electrons. The molecule has 0 aromatic heterocycles. The van der Waals surface area contributed by atoms with E-state index in [4.69, 9.17) is 4.74 Å². The van der Waals surface area contributed by atoms with E-state index >= 15 is 0 Å². The molecule has 0 unspecified atom stereocenters. The van der Waals surface area contributed by atoms with Gasteiger partial charge in [-0.25, -0.2) is 0 Å². The molecule has 4 heteroatoms. The lowest BCUT2D eigenvalue weighted by molar-refractivity contribution is -0.140. The highest BCUT2D eigenvalue weighted by atomic mass is 16.5. The standard InChI is InChI=1S/C6H14O.C4H8O2.C3H6O/c1-5(2)7-6(3)4;1-3-6-4(2)5;1-3(2)4/h5-6H,1-4H3;3H2,1-2H3;1-2H3. The van der Waals surface area contributed by atoms with E-state index in [1.165, 1.54) is 20.8 Å². The number of rotatable bonds is 3. The van der Waals surface area contributed by atoms with Crippen molar-refractivity contribution in [3.8, 4) is 0 Å². The van der Waals surface area contributed by atoms with Crippen LogP contribution in [0.5, 0.6) is 0 Å². The lowest BCUT2D eigenvalue weighted by Crippen LogP contribution is -2.09. The first-order valence-corrected chi connectivity index (χ1v) is 5.89. The molecule has 0 heterocycles. The van der Waals surface area contributed by atoms with E-state index < -0.39 is 0 Å². The molecule has 0 rings (SSSR count). The van der Waals surface area contributed by atoms with Crippen molar-refractivity contribution in [3.63, 3.8) is 0 Å². The van der Waals surface area contributed by atoms with Crippen LogP contribution in [0.3, 0.4) is 0 Å². The van der Waals surface area contributed by atoms with Crippen LogP contribution in [-0.4, -0.2) is 30.6 Å². The second-order valence-corrected chi connectivity index (χ2v) is 4.07. The smallest absolute Gasteiger partial charge is 0.302 e. The van der Waals surface area contributed by atoms with Crippen LogP contribution in [0.4, 0.5) is 0 Å². The summed E-state index contributed by atoms with van der Waals surface area (Å²) in [4.78, 5) is 19.3. The van der Waals surface area contributed by atoms with Gasteiger partial charge in [-0.15, -0.1) is 0 Å². The summed E-state index contributed by atoms with van der Waals surface area (Å²) in [5.41, 5.74) is 0. The Kier molecular flexibility index (Phi) is 19.0. The van der Waals surface area contributed by atoms with Crippen molar-refractivity contribution in [1.82, 2.24) is 0 Å². The van der Waals surface area contributed by atoms with Crippen molar-refractivity contribution in [2.45, 2.75) is 67.6 Å². The molecule has 0 amide bonds. The lowest BCUT2D eigenvalue weighted by Gasteiger charge is -2.09. The largest absolute Gasteiger partial charge is 0.466 e. The van der Waals surface area contributed by atoms with Gasteiger partial charge < -0.3 is 14.3 Å². The summed E-state index contributed by atoms with van der Waals surface area (Å²) in [5, 5.41) is 0. The third-order valence-electron chi connectivity index (χ3n) is 0.892.